The monoisotopic (exact) mass is 572 g/mol. The molecule has 214 valence electrons. The van der Waals surface area contributed by atoms with E-state index < -0.39 is 52.4 Å². The van der Waals surface area contributed by atoms with Crippen LogP contribution in [0, 0.1) is 0 Å². The molecule has 3 rings (SSSR count). The summed E-state index contributed by atoms with van der Waals surface area (Å²) in [6.07, 6.45) is -5.10. The van der Waals surface area contributed by atoms with Crippen LogP contribution in [0.3, 0.4) is 0 Å². The number of esters is 1. The Balaban J connectivity index is 1.93. The van der Waals surface area contributed by atoms with Gasteiger partial charge in [-0.25, -0.2) is 9.59 Å². The Morgan fingerprint density at radius 3 is 2.49 bits per heavy atom. The highest BCUT2D eigenvalue weighted by molar-refractivity contribution is 6.31. The average Bonchev–Trinajstić information content (AvgIpc) is 3.18. The average molecular weight is 573 g/mol. The number of hydrogen-bond donors (Lipinski definition) is 1. The number of benzene rings is 1. The van der Waals surface area contributed by atoms with Gasteiger partial charge in [-0.3, -0.25) is 9.48 Å². The summed E-state index contributed by atoms with van der Waals surface area (Å²) in [5, 5.41) is 6.75. The fourth-order valence-electron chi connectivity index (χ4n) is 4.24. The molecular weight excluding hydrogens is 541 g/mol. The molecule has 0 saturated carbocycles. The number of amides is 2. The summed E-state index contributed by atoms with van der Waals surface area (Å²) in [5.41, 5.74) is -0.860. The number of rotatable bonds is 6. The minimum atomic E-state index is -4.73. The van der Waals surface area contributed by atoms with Crippen LogP contribution in [0.1, 0.15) is 85.3 Å². The van der Waals surface area contributed by atoms with E-state index in [2.05, 4.69) is 10.4 Å². The zero-order valence-corrected chi connectivity index (χ0v) is 23.4. The minimum Gasteiger partial charge on any atom is -0.461 e. The van der Waals surface area contributed by atoms with Crippen molar-refractivity contribution in [2.45, 2.75) is 78.4 Å². The number of aromatic nitrogens is 2. The molecule has 0 radical (unpaired) electrons. The molecule has 1 aromatic heterocycles. The first-order valence-corrected chi connectivity index (χ1v) is 12.8. The first-order chi connectivity index (χ1) is 18.0. The van der Waals surface area contributed by atoms with E-state index >= 15 is 0 Å². The molecule has 2 amide bonds. The first kappa shape index (κ1) is 30.3. The Morgan fingerprint density at radius 1 is 1.23 bits per heavy atom. The maximum atomic E-state index is 13.4. The van der Waals surface area contributed by atoms with Crippen LogP contribution in [0.25, 0.3) is 0 Å². The normalized spacial score (nSPS) is 16.4. The van der Waals surface area contributed by atoms with Gasteiger partial charge in [-0.1, -0.05) is 11.6 Å². The molecule has 13 heteroatoms. The number of nitrogens with zero attached hydrogens (tertiary/aromatic N) is 3. The first-order valence-electron chi connectivity index (χ1n) is 12.4. The molecule has 1 aliphatic heterocycles. The van der Waals surface area contributed by atoms with E-state index in [1.165, 1.54) is 15.6 Å². The van der Waals surface area contributed by atoms with E-state index in [0.29, 0.717) is 11.3 Å². The van der Waals surface area contributed by atoms with Gasteiger partial charge in [0.2, 0.25) is 0 Å². The van der Waals surface area contributed by atoms with Gasteiger partial charge >= 0.3 is 18.2 Å². The molecule has 0 spiro atoms. The van der Waals surface area contributed by atoms with Gasteiger partial charge < -0.3 is 19.7 Å². The topological polar surface area (TPSA) is 103 Å². The number of carbonyl (C=O) groups is 3. The lowest BCUT2D eigenvalue weighted by Gasteiger charge is -2.33. The summed E-state index contributed by atoms with van der Waals surface area (Å²) in [7, 11) is 0. The van der Waals surface area contributed by atoms with Crippen molar-refractivity contribution in [3.8, 4) is 0 Å². The third-order valence-corrected chi connectivity index (χ3v) is 6.38. The van der Waals surface area contributed by atoms with Crippen molar-refractivity contribution in [3.05, 3.63) is 51.3 Å². The highest BCUT2D eigenvalue weighted by Crippen LogP contribution is 2.36. The molecule has 2 aromatic rings. The zero-order chi connectivity index (χ0) is 29.3. The molecule has 0 bridgehead atoms. The largest absolute Gasteiger partial charge is 0.461 e. The van der Waals surface area contributed by atoms with E-state index in [1.807, 2.05) is 0 Å². The number of fused-ring (bicyclic) bond motifs is 1. The van der Waals surface area contributed by atoms with Gasteiger partial charge in [0.25, 0.3) is 5.91 Å². The Morgan fingerprint density at radius 2 is 1.90 bits per heavy atom. The molecule has 1 N–H and O–H groups in total. The molecule has 2 heterocycles. The predicted octanol–water partition coefficient (Wildman–Crippen LogP) is 5.40. The fraction of sp³-hybridized carbons (Fsp3) is 0.538. The fourth-order valence-corrected chi connectivity index (χ4v) is 4.47. The van der Waals surface area contributed by atoms with Crippen molar-refractivity contribution in [2.75, 3.05) is 13.2 Å². The summed E-state index contributed by atoms with van der Waals surface area (Å²) in [5.74, 6) is -1.30. The molecule has 39 heavy (non-hydrogen) atoms. The van der Waals surface area contributed by atoms with E-state index in [9.17, 15) is 27.6 Å². The number of ether oxygens (including phenoxy) is 2. The van der Waals surface area contributed by atoms with Gasteiger partial charge in [0, 0.05) is 30.1 Å². The zero-order valence-electron chi connectivity index (χ0n) is 22.6. The number of alkyl halides is 3. The summed E-state index contributed by atoms with van der Waals surface area (Å²) in [4.78, 5) is 39.9. The molecule has 0 fully saturated rings. The Labute approximate surface area is 229 Å². The number of hydrogen-bond acceptors (Lipinski definition) is 6. The van der Waals surface area contributed by atoms with E-state index in [-0.39, 0.29) is 37.4 Å². The summed E-state index contributed by atoms with van der Waals surface area (Å²) < 4.78 is 52.1. The number of alkyl carbamates (subject to hydrolysis) is 1. The molecular formula is C26H32ClF3N4O5. The molecule has 0 aliphatic carbocycles. The third-order valence-electron chi connectivity index (χ3n) is 6.05. The van der Waals surface area contributed by atoms with Gasteiger partial charge in [0.1, 0.15) is 5.60 Å². The van der Waals surface area contributed by atoms with Crippen LogP contribution < -0.4 is 5.32 Å². The molecule has 9 nitrogen and oxygen atoms in total. The minimum absolute atomic E-state index is 0.0698. The Bertz CT molecular complexity index is 1260. The van der Waals surface area contributed by atoms with Crippen LogP contribution in [-0.2, 0) is 28.6 Å². The summed E-state index contributed by atoms with van der Waals surface area (Å²) in [6, 6.07) is 2.09. The second kappa shape index (κ2) is 11.4. The number of nitrogens with one attached hydrogen (secondary N) is 1. The maximum Gasteiger partial charge on any atom is 0.417 e. The quantitative estimate of drug-likeness (QED) is 0.465. The summed E-state index contributed by atoms with van der Waals surface area (Å²) in [6.45, 7) is 10.5. The van der Waals surface area contributed by atoms with Gasteiger partial charge in [-0.15, -0.1) is 0 Å². The van der Waals surface area contributed by atoms with Gasteiger partial charge in [-0.2, -0.15) is 18.3 Å². The SMILES string of the molecule is CCOC(=O)c1c2c(nn1[C@H](C)CNC(=O)OC(C)(C)C)C[C@@H](C)N(C(=O)c1ccc(Cl)c(C(F)(F)F)c1)C2. The standard InChI is InChI=1S/C26H32ClF3N4O5/c1-7-38-23(36)21-17-13-33(22(35)16-8-9-19(27)18(11-16)26(28,29)30)14(2)10-20(17)32-34(21)15(3)12-31-24(37)39-25(4,5)6/h8-9,11,14-15H,7,10,12-13H2,1-6H3,(H,31,37)/t14-,15-/m1/s1. The lowest BCUT2D eigenvalue weighted by molar-refractivity contribution is -0.137. The van der Waals surface area contributed by atoms with Crippen LogP contribution in [0.15, 0.2) is 18.2 Å². The van der Waals surface area contributed by atoms with E-state index in [0.717, 1.165) is 12.1 Å². The Hall–Kier alpha value is -3.28. The predicted molar refractivity (Wildman–Crippen MR) is 137 cm³/mol. The van der Waals surface area contributed by atoms with Crippen LogP contribution >= 0.6 is 11.6 Å². The number of halogens is 4. The van der Waals surface area contributed by atoms with Crippen LogP contribution in [0.2, 0.25) is 5.02 Å². The molecule has 0 saturated heterocycles. The second-order valence-electron chi connectivity index (χ2n) is 10.3. The lowest BCUT2D eigenvalue weighted by Crippen LogP contribution is -2.43. The van der Waals surface area contributed by atoms with E-state index in [1.54, 1.807) is 41.5 Å². The number of carbonyl (C=O) groups excluding carboxylic acids is 3. The van der Waals surface area contributed by atoms with Crippen molar-refractivity contribution in [1.29, 1.82) is 0 Å². The van der Waals surface area contributed by atoms with Gasteiger partial charge in [-0.05, 0) is 59.7 Å². The van der Waals surface area contributed by atoms with Crippen molar-refractivity contribution in [3.63, 3.8) is 0 Å². The van der Waals surface area contributed by atoms with Gasteiger partial charge in [0.15, 0.2) is 5.69 Å². The van der Waals surface area contributed by atoms with Crippen molar-refractivity contribution >= 4 is 29.6 Å². The van der Waals surface area contributed by atoms with Crippen LogP contribution in [-0.4, -0.2) is 57.4 Å². The van der Waals surface area contributed by atoms with Crippen molar-refractivity contribution in [2.24, 2.45) is 0 Å². The van der Waals surface area contributed by atoms with E-state index in [4.69, 9.17) is 21.1 Å². The molecule has 2 atom stereocenters. The lowest BCUT2D eigenvalue weighted by atomic mass is 9.98. The smallest absolute Gasteiger partial charge is 0.417 e. The van der Waals surface area contributed by atoms with Crippen LogP contribution in [0.5, 0.6) is 0 Å². The molecule has 0 unspecified atom stereocenters. The maximum absolute atomic E-state index is 13.4. The van der Waals surface area contributed by atoms with Crippen molar-refractivity contribution in [1.82, 2.24) is 20.0 Å². The van der Waals surface area contributed by atoms with Crippen molar-refractivity contribution < 1.29 is 37.0 Å². The molecule has 1 aromatic carbocycles. The summed E-state index contributed by atoms with van der Waals surface area (Å²) >= 11 is 5.72. The second-order valence-corrected chi connectivity index (χ2v) is 10.8. The molecule has 1 aliphatic rings. The highest BCUT2D eigenvalue weighted by atomic mass is 35.5. The van der Waals surface area contributed by atoms with Gasteiger partial charge in [0.05, 0.1) is 35.5 Å². The van der Waals surface area contributed by atoms with Crippen LogP contribution in [0.4, 0.5) is 18.0 Å². The Kier molecular flexibility index (Phi) is 8.88. The highest BCUT2D eigenvalue weighted by Gasteiger charge is 2.38. The third kappa shape index (κ3) is 7.03.